The first-order valence-electron chi connectivity index (χ1n) is 5.51. The number of halogens is 2. The molecule has 1 aromatic carbocycles. The third kappa shape index (κ3) is 2.59. The van der Waals surface area contributed by atoms with Crippen molar-refractivity contribution in [1.82, 2.24) is 4.31 Å². The smallest absolute Gasteiger partial charge is 0.245 e. The Morgan fingerprint density at radius 1 is 1.50 bits per heavy atom. The molecule has 1 aromatic rings. The summed E-state index contributed by atoms with van der Waals surface area (Å²) in [5.74, 6) is -0.824. The third-order valence-corrected chi connectivity index (χ3v) is 5.41. The summed E-state index contributed by atoms with van der Waals surface area (Å²) in [6.07, 6.45) is 0.605. The van der Waals surface area contributed by atoms with Crippen LogP contribution in [-0.2, 0) is 10.0 Å². The lowest BCUT2D eigenvalue weighted by atomic mass is 10.1. The topological polar surface area (TPSA) is 57.6 Å². The molecule has 0 saturated carbocycles. The molecule has 0 amide bonds. The average molecular weight is 338 g/mol. The van der Waals surface area contributed by atoms with Crippen LogP contribution in [0.15, 0.2) is 27.6 Å². The van der Waals surface area contributed by atoms with Gasteiger partial charge in [-0.3, -0.25) is 0 Å². The Labute approximate surface area is 114 Å². The summed E-state index contributed by atoms with van der Waals surface area (Å²) < 4.78 is 39.8. The molecule has 4 nitrogen and oxygen atoms in total. The van der Waals surface area contributed by atoms with Crippen LogP contribution in [0.1, 0.15) is 6.42 Å². The van der Waals surface area contributed by atoms with E-state index in [0.717, 1.165) is 6.07 Å². The van der Waals surface area contributed by atoms with Crippen molar-refractivity contribution in [2.45, 2.75) is 11.3 Å². The van der Waals surface area contributed by atoms with Crippen LogP contribution in [0.25, 0.3) is 0 Å². The second kappa shape index (κ2) is 5.24. The molecule has 1 aliphatic rings. The molecule has 7 heteroatoms. The summed E-state index contributed by atoms with van der Waals surface area (Å²) in [6.45, 7) is 0.520. The first kappa shape index (κ1) is 13.9. The maximum Gasteiger partial charge on any atom is 0.245 e. The summed E-state index contributed by atoms with van der Waals surface area (Å²) in [5.41, 5.74) is 0. The van der Waals surface area contributed by atoms with Crippen LogP contribution in [-0.4, -0.2) is 37.5 Å². The van der Waals surface area contributed by atoms with Gasteiger partial charge in [-0.05, 0) is 30.5 Å². The van der Waals surface area contributed by atoms with E-state index < -0.39 is 15.8 Å². The summed E-state index contributed by atoms with van der Waals surface area (Å²) in [6, 6.07) is 3.88. The van der Waals surface area contributed by atoms with E-state index in [4.69, 9.17) is 5.11 Å². The van der Waals surface area contributed by atoms with Crippen LogP contribution in [0, 0.1) is 11.7 Å². The van der Waals surface area contributed by atoms with Crippen molar-refractivity contribution in [1.29, 1.82) is 0 Å². The van der Waals surface area contributed by atoms with Gasteiger partial charge in [0.2, 0.25) is 10.0 Å². The largest absolute Gasteiger partial charge is 0.396 e. The van der Waals surface area contributed by atoms with Gasteiger partial charge in [-0.15, -0.1) is 0 Å². The van der Waals surface area contributed by atoms with Crippen molar-refractivity contribution in [3.05, 3.63) is 28.5 Å². The van der Waals surface area contributed by atoms with Crippen LogP contribution >= 0.6 is 15.9 Å². The molecule has 0 spiro atoms. The molecule has 0 aromatic heterocycles. The highest BCUT2D eigenvalue weighted by molar-refractivity contribution is 9.10. The normalized spacial score (nSPS) is 21.4. The van der Waals surface area contributed by atoms with E-state index >= 15 is 0 Å². The molecule has 1 saturated heterocycles. The molecule has 1 fully saturated rings. The van der Waals surface area contributed by atoms with E-state index in [-0.39, 0.29) is 24.0 Å². The summed E-state index contributed by atoms with van der Waals surface area (Å²) in [4.78, 5) is -0.315. The van der Waals surface area contributed by atoms with Crippen molar-refractivity contribution in [2.75, 3.05) is 19.7 Å². The molecule has 1 aliphatic heterocycles. The number of nitrogens with zero attached hydrogens (tertiary/aromatic N) is 1. The molecule has 1 atom stereocenters. The van der Waals surface area contributed by atoms with Gasteiger partial charge in [-0.1, -0.05) is 15.9 Å². The minimum atomic E-state index is -3.80. The second-order valence-electron chi connectivity index (χ2n) is 4.28. The first-order valence-corrected chi connectivity index (χ1v) is 7.74. The van der Waals surface area contributed by atoms with Crippen LogP contribution in [0.2, 0.25) is 0 Å². The van der Waals surface area contributed by atoms with Gasteiger partial charge in [0.05, 0.1) is 0 Å². The van der Waals surface area contributed by atoms with Gasteiger partial charge in [0, 0.05) is 24.2 Å². The monoisotopic (exact) mass is 337 g/mol. The molecule has 1 heterocycles. The highest BCUT2D eigenvalue weighted by atomic mass is 79.9. The van der Waals surface area contributed by atoms with Gasteiger partial charge in [-0.2, -0.15) is 4.31 Å². The quantitative estimate of drug-likeness (QED) is 0.911. The number of benzene rings is 1. The zero-order valence-electron chi connectivity index (χ0n) is 9.51. The Bertz CT molecular complexity index is 549. The lowest BCUT2D eigenvalue weighted by Gasteiger charge is -2.16. The fourth-order valence-electron chi connectivity index (χ4n) is 1.99. The highest BCUT2D eigenvalue weighted by Crippen LogP contribution is 2.27. The van der Waals surface area contributed by atoms with Crippen molar-refractivity contribution in [3.8, 4) is 0 Å². The zero-order valence-corrected chi connectivity index (χ0v) is 11.9. The van der Waals surface area contributed by atoms with Gasteiger partial charge in [0.1, 0.15) is 10.7 Å². The Balaban J connectivity index is 2.31. The van der Waals surface area contributed by atoms with E-state index in [0.29, 0.717) is 17.4 Å². The molecule has 0 radical (unpaired) electrons. The van der Waals surface area contributed by atoms with Crippen molar-refractivity contribution in [2.24, 2.45) is 5.92 Å². The van der Waals surface area contributed by atoms with Crippen LogP contribution < -0.4 is 0 Å². The van der Waals surface area contributed by atoms with Crippen molar-refractivity contribution >= 4 is 26.0 Å². The minimum Gasteiger partial charge on any atom is -0.396 e. The standard InChI is InChI=1S/C11H13BrFNO3S/c12-9-1-2-11(10(13)5-9)18(16,17)14-4-3-8(6-14)7-15/h1-2,5,8,15H,3-4,6-7H2. The van der Waals surface area contributed by atoms with Crippen molar-refractivity contribution in [3.63, 3.8) is 0 Å². The molecule has 0 aliphatic carbocycles. The van der Waals surface area contributed by atoms with E-state index in [2.05, 4.69) is 15.9 Å². The number of hydrogen-bond acceptors (Lipinski definition) is 3. The lowest BCUT2D eigenvalue weighted by molar-refractivity contribution is 0.233. The minimum absolute atomic E-state index is 0.0468. The molecular formula is C11H13BrFNO3S. The highest BCUT2D eigenvalue weighted by Gasteiger charge is 2.33. The molecule has 100 valence electrons. The predicted octanol–water partition coefficient (Wildman–Crippen LogP) is 1.59. The Hall–Kier alpha value is -0.500. The van der Waals surface area contributed by atoms with Crippen molar-refractivity contribution < 1.29 is 17.9 Å². The number of sulfonamides is 1. The molecule has 1 N–H and O–H groups in total. The van der Waals surface area contributed by atoms with Gasteiger partial charge in [-0.25, -0.2) is 12.8 Å². The van der Waals surface area contributed by atoms with E-state index in [1.54, 1.807) is 0 Å². The van der Waals surface area contributed by atoms with Crippen LogP contribution in [0.4, 0.5) is 4.39 Å². The summed E-state index contributed by atoms with van der Waals surface area (Å²) in [7, 11) is -3.80. The van der Waals surface area contributed by atoms with Crippen LogP contribution in [0.3, 0.4) is 0 Å². The zero-order chi connectivity index (χ0) is 13.3. The molecular weight excluding hydrogens is 325 g/mol. The van der Waals surface area contributed by atoms with Gasteiger partial charge >= 0.3 is 0 Å². The number of hydrogen-bond donors (Lipinski definition) is 1. The summed E-state index contributed by atoms with van der Waals surface area (Å²) >= 11 is 3.09. The predicted molar refractivity (Wildman–Crippen MR) is 68.1 cm³/mol. The maximum atomic E-state index is 13.7. The number of aliphatic hydroxyl groups excluding tert-OH is 1. The van der Waals surface area contributed by atoms with E-state index in [9.17, 15) is 12.8 Å². The molecule has 2 rings (SSSR count). The first-order chi connectivity index (χ1) is 8.45. The molecule has 0 bridgehead atoms. The number of rotatable bonds is 3. The Morgan fingerprint density at radius 3 is 2.78 bits per heavy atom. The van der Waals surface area contributed by atoms with Gasteiger partial charge in [0.25, 0.3) is 0 Å². The summed E-state index contributed by atoms with van der Waals surface area (Å²) in [5, 5.41) is 9.01. The maximum absolute atomic E-state index is 13.7. The average Bonchev–Trinajstić information content (AvgIpc) is 2.77. The fourth-order valence-corrected chi connectivity index (χ4v) is 3.90. The molecule has 1 unspecified atom stereocenters. The van der Waals surface area contributed by atoms with Gasteiger partial charge in [0.15, 0.2) is 0 Å². The fraction of sp³-hybridized carbons (Fsp3) is 0.455. The third-order valence-electron chi connectivity index (χ3n) is 3.02. The molecule has 18 heavy (non-hydrogen) atoms. The Kier molecular flexibility index (Phi) is 4.05. The second-order valence-corrected chi connectivity index (χ2v) is 7.10. The van der Waals surface area contributed by atoms with Crippen LogP contribution in [0.5, 0.6) is 0 Å². The number of aliphatic hydroxyl groups is 1. The SMILES string of the molecule is O=S(=O)(c1ccc(Br)cc1F)N1CCC(CO)C1. The Morgan fingerprint density at radius 2 is 2.22 bits per heavy atom. The van der Waals surface area contributed by atoms with E-state index in [1.165, 1.54) is 16.4 Å². The van der Waals surface area contributed by atoms with Gasteiger partial charge < -0.3 is 5.11 Å². The lowest BCUT2D eigenvalue weighted by Crippen LogP contribution is -2.30. The van der Waals surface area contributed by atoms with E-state index in [1.807, 2.05) is 0 Å².